The number of hydrogen-bond acceptors (Lipinski definition) is 4. The molecule has 0 saturated carbocycles. The smallest absolute Gasteiger partial charge is 0.253 e. The first kappa shape index (κ1) is 22.3. The highest BCUT2D eigenvalue weighted by molar-refractivity contribution is 7.91. The number of amides is 1. The summed E-state index contributed by atoms with van der Waals surface area (Å²) in [5.41, 5.74) is 6.69. The van der Waals surface area contributed by atoms with E-state index in [1.54, 1.807) is 11.9 Å². The van der Waals surface area contributed by atoms with Crippen molar-refractivity contribution in [3.05, 3.63) is 70.3 Å². The second-order valence-corrected chi connectivity index (χ2v) is 11.0. The van der Waals surface area contributed by atoms with Gasteiger partial charge in [-0.1, -0.05) is 0 Å². The molecular formula is C24H30N4O3S. The maximum atomic E-state index is 13.1. The normalized spacial score (nSPS) is 17.6. The zero-order valence-corrected chi connectivity index (χ0v) is 20.1. The van der Waals surface area contributed by atoms with Crippen molar-refractivity contribution in [2.45, 2.75) is 46.7 Å². The molecule has 0 bridgehead atoms. The van der Waals surface area contributed by atoms with Crippen molar-refractivity contribution in [2.75, 3.05) is 18.6 Å². The second kappa shape index (κ2) is 8.24. The molecule has 4 rings (SSSR count). The zero-order chi connectivity index (χ0) is 23.2. The van der Waals surface area contributed by atoms with Gasteiger partial charge in [-0.15, -0.1) is 0 Å². The van der Waals surface area contributed by atoms with Crippen LogP contribution >= 0.6 is 0 Å². The Bertz CT molecular complexity index is 1250. The van der Waals surface area contributed by atoms with Gasteiger partial charge in [-0.3, -0.25) is 9.48 Å². The summed E-state index contributed by atoms with van der Waals surface area (Å²) < 4.78 is 27.8. The molecule has 2 aromatic heterocycles. The summed E-state index contributed by atoms with van der Waals surface area (Å²) in [6.45, 7) is 8.41. The Balaban J connectivity index is 1.51. The average molecular weight is 455 g/mol. The van der Waals surface area contributed by atoms with Crippen molar-refractivity contribution in [1.82, 2.24) is 19.2 Å². The first-order chi connectivity index (χ1) is 15.1. The minimum Gasteiger partial charge on any atom is -0.337 e. The van der Waals surface area contributed by atoms with E-state index in [1.807, 2.05) is 42.8 Å². The van der Waals surface area contributed by atoms with Gasteiger partial charge in [0.15, 0.2) is 9.84 Å². The molecule has 170 valence electrons. The summed E-state index contributed by atoms with van der Waals surface area (Å²) in [4.78, 5) is 14.8. The molecule has 1 fully saturated rings. The van der Waals surface area contributed by atoms with Gasteiger partial charge in [0, 0.05) is 47.5 Å². The number of aryl methyl sites for hydroxylation is 3. The molecule has 1 amide bonds. The van der Waals surface area contributed by atoms with Gasteiger partial charge in [0.05, 0.1) is 23.2 Å². The van der Waals surface area contributed by atoms with E-state index in [0.717, 1.165) is 34.0 Å². The fourth-order valence-electron chi connectivity index (χ4n) is 4.61. The summed E-state index contributed by atoms with van der Waals surface area (Å²) in [6, 6.07) is 11.7. The van der Waals surface area contributed by atoms with Crippen molar-refractivity contribution in [2.24, 2.45) is 0 Å². The van der Waals surface area contributed by atoms with Crippen molar-refractivity contribution >= 4 is 15.7 Å². The van der Waals surface area contributed by atoms with Gasteiger partial charge in [0.25, 0.3) is 5.91 Å². The van der Waals surface area contributed by atoms with E-state index < -0.39 is 9.84 Å². The maximum absolute atomic E-state index is 13.1. The average Bonchev–Trinajstić information content (AvgIpc) is 3.37. The number of rotatable bonds is 5. The molecule has 3 heterocycles. The summed E-state index contributed by atoms with van der Waals surface area (Å²) >= 11 is 0. The van der Waals surface area contributed by atoms with Crippen molar-refractivity contribution in [3.8, 4) is 5.69 Å². The third kappa shape index (κ3) is 4.11. The number of carbonyl (C=O) groups is 1. The third-order valence-electron chi connectivity index (χ3n) is 6.41. The summed E-state index contributed by atoms with van der Waals surface area (Å²) in [5, 5.41) is 4.61. The molecule has 0 aliphatic carbocycles. The quantitative estimate of drug-likeness (QED) is 0.591. The van der Waals surface area contributed by atoms with E-state index >= 15 is 0 Å². The lowest BCUT2D eigenvalue weighted by Crippen LogP contribution is -2.26. The molecule has 1 aromatic carbocycles. The van der Waals surface area contributed by atoms with Gasteiger partial charge in [0.2, 0.25) is 0 Å². The molecule has 1 aliphatic rings. The lowest BCUT2D eigenvalue weighted by Gasteiger charge is -2.19. The first-order valence-electron chi connectivity index (χ1n) is 10.8. The van der Waals surface area contributed by atoms with E-state index in [0.29, 0.717) is 18.5 Å². The fourth-order valence-corrected chi connectivity index (χ4v) is 6.30. The van der Waals surface area contributed by atoms with Crippen LogP contribution in [-0.2, 0) is 16.4 Å². The Morgan fingerprint density at radius 1 is 1.06 bits per heavy atom. The standard InChI is InChI=1S/C24H30N4O3S/c1-16-6-7-17(2)27(16)21-10-8-20(9-11-21)24(29)26(5)14-23-18(3)25-28(19(23)4)22-12-13-32(30,31)15-22/h6-11,22H,12-15H2,1-5H3/t22-/m0/s1. The molecule has 7 nitrogen and oxygen atoms in total. The van der Waals surface area contributed by atoms with Crippen LogP contribution in [0.1, 0.15) is 51.2 Å². The maximum Gasteiger partial charge on any atom is 0.253 e. The Hall–Kier alpha value is -2.87. The van der Waals surface area contributed by atoms with Gasteiger partial charge in [0.1, 0.15) is 0 Å². The number of benzene rings is 1. The number of aromatic nitrogens is 3. The summed E-state index contributed by atoms with van der Waals surface area (Å²) in [6.07, 6.45) is 0.588. The predicted octanol–water partition coefficient (Wildman–Crippen LogP) is 3.54. The van der Waals surface area contributed by atoms with Gasteiger partial charge < -0.3 is 9.47 Å². The molecule has 8 heteroatoms. The minimum absolute atomic E-state index is 0.0625. The summed E-state index contributed by atoms with van der Waals surface area (Å²) in [7, 11) is -1.20. The zero-order valence-electron chi connectivity index (χ0n) is 19.3. The predicted molar refractivity (Wildman–Crippen MR) is 125 cm³/mol. The van der Waals surface area contributed by atoms with Crippen LogP contribution in [0.3, 0.4) is 0 Å². The number of carbonyl (C=O) groups excluding carboxylic acids is 1. The highest BCUT2D eigenvalue weighted by Gasteiger charge is 2.31. The van der Waals surface area contributed by atoms with Crippen LogP contribution in [-0.4, -0.2) is 52.1 Å². The molecule has 0 spiro atoms. The summed E-state index contributed by atoms with van der Waals surface area (Å²) in [5.74, 6) is 0.282. The van der Waals surface area contributed by atoms with Crippen LogP contribution in [0.5, 0.6) is 0 Å². The fraction of sp³-hybridized carbons (Fsp3) is 0.417. The number of hydrogen-bond donors (Lipinski definition) is 0. The van der Waals surface area contributed by atoms with Crippen molar-refractivity contribution < 1.29 is 13.2 Å². The van der Waals surface area contributed by atoms with E-state index in [-0.39, 0.29) is 23.5 Å². The largest absolute Gasteiger partial charge is 0.337 e. The lowest BCUT2D eigenvalue weighted by molar-refractivity contribution is 0.0784. The third-order valence-corrected chi connectivity index (χ3v) is 8.17. The molecule has 0 N–H and O–H groups in total. The van der Waals surface area contributed by atoms with Crippen LogP contribution in [0.4, 0.5) is 0 Å². The van der Waals surface area contributed by atoms with E-state index in [2.05, 4.69) is 35.6 Å². The highest BCUT2D eigenvalue weighted by Crippen LogP contribution is 2.27. The second-order valence-electron chi connectivity index (χ2n) is 8.81. The monoisotopic (exact) mass is 454 g/mol. The Labute approximate surface area is 189 Å². The molecule has 0 unspecified atom stereocenters. The number of nitrogens with zero attached hydrogens (tertiary/aromatic N) is 4. The number of sulfone groups is 1. The van der Waals surface area contributed by atoms with Crippen molar-refractivity contribution in [1.29, 1.82) is 0 Å². The molecule has 1 atom stereocenters. The van der Waals surface area contributed by atoms with E-state index in [4.69, 9.17) is 0 Å². The van der Waals surface area contributed by atoms with Crippen LogP contribution in [0.15, 0.2) is 36.4 Å². The molecule has 3 aromatic rings. The highest BCUT2D eigenvalue weighted by atomic mass is 32.2. The Morgan fingerprint density at radius 2 is 1.69 bits per heavy atom. The van der Waals surface area contributed by atoms with Gasteiger partial charge >= 0.3 is 0 Å². The van der Waals surface area contributed by atoms with Crippen LogP contribution in [0.25, 0.3) is 5.69 Å². The van der Waals surface area contributed by atoms with Crippen molar-refractivity contribution in [3.63, 3.8) is 0 Å². The molecule has 32 heavy (non-hydrogen) atoms. The SMILES string of the molecule is Cc1nn([C@H]2CCS(=O)(=O)C2)c(C)c1CN(C)C(=O)c1ccc(-n2c(C)ccc2C)cc1. The molecule has 1 aliphatic heterocycles. The molecule has 0 radical (unpaired) electrons. The minimum atomic E-state index is -2.99. The van der Waals surface area contributed by atoms with Crippen LogP contribution in [0, 0.1) is 27.7 Å². The first-order valence-corrected chi connectivity index (χ1v) is 12.7. The van der Waals surface area contributed by atoms with Crippen LogP contribution in [0.2, 0.25) is 0 Å². The van der Waals surface area contributed by atoms with E-state index in [9.17, 15) is 13.2 Å². The van der Waals surface area contributed by atoms with Gasteiger partial charge in [-0.05, 0) is 70.5 Å². The van der Waals surface area contributed by atoms with Gasteiger partial charge in [-0.25, -0.2) is 8.42 Å². The van der Waals surface area contributed by atoms with Crippen LogP contribution < -0.4 is 0 Å². The van der Waals surface area contributed by atoms with E-state index in [1.165, 1.54) is 0 Å². The molecular weight excluding hydrogens is 424 g/mol. The Kier molecular flexibility index (Phi) is 5.75. The molecule has 1 saturated heterocycles. The lowest BCUT2D eigenvalue weighted by atomic mass is 10.1. The topological polar surface area (TPSA) is 77.2 Å². The van der Waals surface area contributed by atoms with Gasteiger partial charge in [-0.2, -0.15) is 5.10 Å². The Morgan fingerprint density at radius 3 is 2.25 bits per heavy atom.